The summed E-state index contributed by atoms with van der Waals surface area (Å²) in [5.41, 5.74) is 2.20. The van der Waals surface area contributed by atoms with Crippen molar-refractivity contribution < 1.29 is 9.59 Å². The summed E-state index contributed by atoms with van der Waals surface area (Å²) in [6.07, 6.45) is 0.809. The van der Waals surface area contributed by atoms with Gasteiger partial charge in [0.15, 0.2) is 0 Å². The Morgan fingerprint density at radius 1 is 1.04 bits per heavy atom. The minimum Gasteiger partial charge on any atom is -0.354 e. The molecular weight excluding hydrogens is 310 g/mol. The lowest BCUT2D eigenvalue weighted by molar-refractivity contribution is -0.120. The highest BCUT2D eigenvalue weighted by Crippen LogP contribution is 2.07. The number of urea groups is 1. The van der Waals surface area contributed by atoms with Gasteiger partial charge in [-0.15, -0.1) is 11.3 Å². The van der Waals surface area contributed by atoms with Crippen molar-refractivity contribution in [3.8, 4) is 0 Å². The van der Waals surface area contributed by atoms with E-state index in [4.69, 9.17) is 0 Å². The fourth-order valence-electron chi connectivity index (χ4n) is 1.95. The average molecular weight is 331 g/mol. The van der Waals surface area contributed by atoms with Gasteiger partial charge < -0.3 is 16.0 Å². The van der Waals surface area contributed by atoms with Crippen LogP contribution in [-0.4, -0.2) is 25.0 Å². The molecule has 0 aliphatic heterocycles. The summed E-state index contributed by atoms with van der Waals surface area (Å²) in [7, 11) is 0. The Morgan fingerprint density at radius 2 is 1.83 bits per heavy atom. The summed E-state index contributed by atoms with van der Waals surface area (Å²) < 4.78 is 0. The highest BCUT2D eigenvalue weighted by atomic mass is 32.1. The molecule has 5 nitrogen and oxygen atoms in total. The molecule has 1 aromatic heterocycles. The Labute approximate surface area is 140 Å². The number of rotatable bonds is 7. The van der Waals surface area contributed by atoms with Gasteiger partial charge in [-0.3, -0.25) is 4.79 Å². The molecule has 3 N–H and O–H groups in total. The highest BCUT2D eigenvalue weighted by molar-refractivity contribution is 7.09. The summed E-state index contributed by atoms with van der Waals surface area (Å²) in [6, 6.07) is 11.6. The largest absolute Gasteiger partial charge is 0.354 e. The maximum Gasteiger partial charge on any atom is 0.315 e. The predicted octanol–water partition coefficient (Wildman–Crippen LogP) is 2.21. The molecule has 0 aliphatic rings. The van der Waals surface area contributed by atoms with Gasteiger partial charge in [-0.1, -0.05) is 35.9 Å². The van der Waals surface area contributed by atoms with Gasteiger partial charge >= 0.3 is 6.03 Å². The van der Waals surface area contributed by atoms with Crippen LogP contribution in [0.4, 0.5) is 4.79 Å². The third kappa shape index (κ3) is 6.52. The summed E-state index contributed by atoms with van der Waals surface area (Å²) in [6.45, 7) is 3.00. The zero-order valence-electron chi connectivity index (χ0n) is 13.1. The molecule has 122 valence electrons. The number of hydrogen-bond donors (Lipinski definition) is 3. The standard InChI is InChI=1S/C17H21N3O2S/c1-13-4-6-14(7-5-13)11-19-17(22)20-12-16(21)18-9-8-15-3-2-10-23-15/h2-7,10H,8-9,11-12H2,1H3,(H,18,21)(H2,19,20,22). The number of carbonyl (C=O) groups is 2. The number of aryl methyl sites for hydroxylation is 1. The second-order valence-corrected chi connectivity index (χ2v) is 6.23. The van der Waals surface area contributed by atoms with E-state index in [2.05, 4.69) is 16.0 Å². The minimum atomic E-state index is -0.348. The van der Waals surface area contributed by atoms with E-state index in [9.17, 15) is 9.59 Å². The Morgan fingerprint density at radius 3 is 2.52 bits per heavy atom. The first-order chi connectivity index (χ1) is 11.1. The van der Waals surface area contributed by atoms with Crippen LogP contribution in [0.25, 0.3) is 0 Å². The van der Waals surface area contributed by atoms with E-state index in [0.29, 0.717) is 13.1 Å². The van der Waals surface area contributed by atoms with E-state index in [0.717, 1.165) is 12.0 Å². The van der Waals surface area contributed by atoms with E-state index in [-0.39, 0.29) is 18.5 Å². The van der Waals surface area contributed by atoms with Crippen molar-refractivity contribution in [3.05, 3.63) is 57.8 Å². The summed E-state index contributed by atoms with van der Waals surface area (Å²) in [5, 5.41) is 10.1. The molecule has 23 heavy (non-hydrogen) atoms. The fraction of sp³-hybridized carbons (Fsp3) is 0.294. The molecule has 0 bridgehead atoms. The van der Waals surface area contributed by atoms with Gasteiger partial charge in [0.05, 0.1) is 6.54 Å². The molecule has 0 saturated heterocycles. The fourth-order valence-corrected chi connectivity index (χ4v) is 2.66. The van der Waals surface area contributed by atoms with Crippen molar-refractivity contribution in [1.82, 2.24) is 16.0 Å². The number of amides is 3. The SMILES string of the molecule is Cc1ccc(CNC(=O)NCC(=O)NCCc2cccs2)cc1. The summed E-state index contributed by atoms with van der Waals surface area (Å²) in [4.78, 5) is 24.5. The second kappa shape index (κ2) is 8.95. The summed E-state index contributed by atoms with van der Waals surface area (Å²) in [5.74, 6) is -0.188. The van der Waals surface area contributed by atoms with Crippen molar-refractivity contribution >= 4 is 23.3 Å². The lowest BCUT2D eigenvalue weighted by Gasteiger charge is -2.08. The van der Waals surface area contributed by atoms with E-state index in [1.165, 1.54) is 10.4 Å². The van der Waals surface area contributed by atoms with Crippen molar-refractivity contribution in [1.29, 1.82) is 0 Å². The Kier molecular flexibility index (Phi) is 6.62. The number of hydrogen-bond acceptors (Lipinski definition) is 3. The normalized spacial score (nSPS) is 10.1. The van der Waals surface area contributed by atoms with Crippen LogP contribution in [0.15, 0.2) is 41.8 Å². The molecule has 2 rings (SSSR count). The van der Waals surface area contributed by atoms with Crippen molar-refractivity contribution in [2.75, 3.05) is 13.1 Å². The number of nitrogens with one attached hydrogen (secondary N) is 3. The van der Waals surface area contributed by atoms with Crippen LogP contribution in [0.1, 0.15) is 16.0 Å². The number of benzene rings is 1. The van der Waals surface area contributed by atoms with Gasteiger partial charge in [0.1, 0.15) is 0 Å². The quantitative estimate of drug-likeness (QED) is 0.728. The zero-order chi connectivity index (χ0) is 16.5. The van der Waals surface area contributed by atoms with E-state index >= 15 is 0 Å². The number of carbonyl (C=O) groups excluding carboxylic acids is 2. The lowest BCUT2D eigenvalue weighted by atomic mass is 10.1. The van der Waals surface area contributed by atoms with Gasteiger partial charge in [0.25, 0.3) is 0 Å². The molecule has 0 unspecified atom stereocenters. The molecule has 0 saturated carbocycles. The maximum absolute atomic E-state index is 11.6. The van der Waals surface area contributed by atoms with E-state index in [1.807, 2.05) is 48.7 Å². The first-order valence-corrected chi connectivity index (χ1v) is 8.38. The van der Waals surface area contributed by atoms with Gasteiger partial charge in [-0.2, -0.15) is 0 Å². The molecule has 1 heterocycles. The molecule has 0 fully saturated rings. The lowest BCUT2D eigenvalue weighted by Crippen LogP contribution is -2.42. The molecule has 0 aliphatic carbocycles. The zero-order valence-corrected chi connectivity index (χ0v) is 13.9. The molecule has 0 radical (unpaired) electrons. The second-order valence-electron chi connectivity index (χ2n) is 5.20. The Hall–Kier alpha value is -2.34. The highest BCUT2D eigenvalue weighted by Gasteiger charge is 2.05. The van der Waals surface area contributed by atoms with Crippen LogP contribution >= 0.6 is 11.3 Å². The number of thiophene rings is 1. The third-order valence-electron chi connectivity index (χ3n) is 3.26. The smallest absolute Gasteiger partial charge is 0.315 e. The van der Waals surface area contributed by atoms with Crippen LogP contribution in [0.3, 0.4) is 0 Å². The monoisotopic (exact) mass is 331 g/mol. The third-order valence-corrected chi connectivity index (χ3v) is 4.19. The molecule has 3 amide bonds. The first-order valence-electron chi connectivity index (χ1n) is 7.50. The van der Waals surface area contributed by atoms with Crippen LogP contribution < -0.4 is 16.0 Å². The molecule has 0 spiro atoms. The van der Waals surface area contributed by atoms with Gasteiger partial charge in [-0.25, -0.2) is 4.79 Å². The summed E-state index contributed by atoms with van der Waals surface area (Å²) >= 11 is 1.67. The molecule has 2 aromatic rings. The van der Waals surface area contributed by atoms with Crippen LogP contribution in [0.5, 0.6) is 0 Å². The van der Waals surface area contributed by atoms with Gasteiger partial charge in [0.2, 0.25) is 5.91 Å². The topological polar surface area (TPSA) is 70.2 Å². The van der Waals surface area contributed by atoms with Crippen LogP contribution in [-0.2, 0) is 17.8 Å². The first kappa shape index (κ1) is 17.0. The van der Waals surface area contributed by atoms with Gasteiger partial charge in [0, 0.05) is 18.0 Å². The minimum absolute atomic E-state index is 0.0236. The Bertz CT molecular complexity index is 624. The molecule has 6 heteroatoms. The average Bonchev–Trinajstić information content (AvgIpc) is 3.06. The molecule has 0 atom stereocenters. The Balaban J connectivity index is 1.58. The molecule has 1 aromatic carbocycles. The molecular formula is C17H21N3O2S. The van der Waals surface area contributed by atoms with Crippen LogP contribution in [0.2, 0.25) is 0 Å². The van der Waals surface area contributed by atoms with E-state index in [1.54, 1.807) is 11.3 Å². The van der Waals surface area contributed by atoms with Crippen LogP contribution in [0, 0.1) is 6.92 Å². The van der Waals surface area contributed by atoms with Gasteiger partial charge in [-0.05, 0) is 30.4 Å². The predicted molar refractivity (Wildman–Crippen MR) is 92.5 cm³/mol. The van der Waals surface area contributed by atoms with Crippen molar-refractivity contribution in [3.63, 3.8) is 0 Å². The van der Waals surface area contributed by atoms with Crippen molar-refractivity contribution in [2.45, 2.75) is 19.9 Å². The van der Waals surface area contributed by atoms with E-state index < -0.39 is 0 Å². The maximum atomic E-state index is 11.6. The van der Waals surface area contributed by atoms with Crippen molar-refractivity contribution in [2.24, 2.45) is 0 Å².